The lowest BCUT2D eigenvalue weighted by atomic mass is 10.2. The van der Waals surface area contributed by atoms with E-state index in [1.54, 1.807) is 32.9 Å². The second kappa shape index (κ2) is 6.55. The summed E-state index contributed by atoms with van der Waals surface area (Å²) in [6.45, 7) is 5.39. The van der Waals surface area contributed by atoms with E-state index in [1.807, 2.05) is 0 Å². The number of hydrogen-bond donors (Lipinski definition) is 0. The Bertz CT molecular complexity index is 670. The zero-order chi connectivity index (χ0) is 16.3. The first kappa shape index (κ1) is 16.6. The molecule has 0 aliphatic rings. The van der Waals surface area contributed by atoms with Gasteiger partial charge in [0.05, 0.1) is 6.42 Å². The molecule has 2 aromatic rings. The van der Waals surface area contributed by atoms with E-state index in [0.29, 0.717) is 10.8 Å². The van der Waals surface area contributed by atoms with Crippen LogP contribution in [-0.4, -0.2) is 37.1 Å². The van der Waals surface area contributed by atoms with Crippen molar-refractivity contribution in [2.75, 3.05) is 5.75 Å². The quantitative estimate of drug-likeness (QED) is 0.620. The number of esters is 1. The van der Waals surface area contributed by atoms with Gasteiger partial charge in [0.2, 0.25) is 5.82 Å². The average molecular weight is 330 g/mol. The molecule has 0 saturated heterocycles. The van der Waals surface area contributed by atoms with Gasteiger partial charge in [0.15, 0.2) is 5.65 Å². The molecule has 120 valence electrons. The van der Waals surface area contributed by atoms with E-state index in [0.717, 1.165) is 4.52 Å². The van der Waals surface area contributed by atoms with Crippen molar-refractivity contribution in [3.05, 3.63) is 18.0 Å². The van der Waals surface area contributed by atoms with Crippen LogP contribution in [0, 0.1) is 0 Å². The van der Waals surface area contributed by atoms with Crippen LogP contribution >= 0.6 is 11.8 Å². The van der Waals surface area contributed by atoms with Gasteiger partial charge in [0.1, 0.15) is 10.6 Å². The van der Waals surface area contributed by atoms with Crippen molar-refractivity contribution in [1.29, 1.82) is 0 Å². The van der Waals surface area contributed by atoms with Gasteiger partial charge >= 0.3 is 5.97 Å². The fourth-order valence-corrected chi connectivity index (χ4v) is 2.41. The van der Waals surface area contributed by atoms with Crippen LogP contribution in [0.4, 0.5) is 8.78 Å². The minimum atomic E-state index is -2.75. The number of rotatable bonds is 5. The highest BCUT2D eigenvalue weighted by molar-refractivity contribution is 7.99. The molecular formula is C13H16F2N4O2S. The highest BCUT2D eigenvalue weighted by atomic mass is 32.2. The largest absolute Gasteiger partial charge is 0.460 e. The Morgan fingerprint density at radius 3 is 2.73 bits per heavy atom. The molecule has 0 amide bonds. The molecule has 0 radical (unpaired) electrons. The maximum atomic E-state index is 12.7. The first-order valence-corrected chi connectivity index (χ1v) is 7.60. The first-order valence-electron chi connectivity index (χ1n) is 6.61. The van der Waals surface area contributed by atoms with Crippen molar-refractivity contribution >= 4 is 23.4 Å². The van der Waals surface area contributed by atoms with Gasteiger partial charge in [-0.1, -0.05) is 0 Å². The number of carbonyl (C=O) groups excluding carboxylic acids is 1. The maximum absolute atomic E-state index is 12.7. The number of nitrogens with zero attached hydrogens (tertiary/aromatic N) is 4. The molecule has 0 atom stereocenters. The maximum Gasteiger partial charge on any atom is 0.307 e. The fraction of sp³-hybridized carbons (Fsp3) is 0.538. The average Bonchev–Trinajstić information content (AvgIpc) is 2.79. The highest BCUT2D eigenvalue weighted by Gasteiger charge is 2.18. The van der Waals surface area contributed by atoms with E-state index < -0.39 is 17.9 Å². The van der Waals surface area contributed by atoms with Crippen LogP contribution in [0.15, 0.2) is 17.2 Å². The van der Waals surface area contributed by atoms with Gasteiger partial charge in [-0.25, -0.2) is 8.78 Å². The molecule has 0 spiro atoms. The lowest BCUT2D eigenvalue weighted by molar-refractivity contribution is -0.154. The second-order valence-corrected chi connectivity index (χ2v) is 6.60. The predicted octanol–water partition coefficient (Wildman–Crippen LogP) is 2.89. The van der Waals surface area contributed by atoms with Gasteiger partial charge in [-0.05, 0) is 32.9 Å². The third-order valence-electron chi connectivity index (χ3n) is 2.43. The molecule has 0 unspecified atom stereocenters. The Labute approximate surface area is 130 Å². The van der Waals surface area contributed by atoms with Gasteiger partial charge < -0.3 is 4.74 Å². The molecule has 0 fully saturated rings. The minimum absolute atomic E-state index is 0.214. The second-order valence-electron chi connectivity index (χ2n) is 5.49. The Morgan fingerprint density at radius 2 is 2.09 bits per heavy atom. The Hall–Kier alpha value is -1.77. The predicted molar refractivity (Wildman–Crippen MR) is 76.9 cm³/mol. The van der Waals surface area contributed by atoms with E-state index in [1.165, 1.54) is 11.8 Å². The van der Waals surface area contributed by atoms with Gasteiger partial charge in [-0.15, -0.1) is 22.0 Å². The highest BCUT2D eigenvalue weighted by Crippen LogP contribution is 2.21. The number of hydrogen-bond acceptors (Lipinski definition) is 6. The van der Waals surface area contributed by atoms with Crippen LogP contribution in [0.1, 0.15) is 39.4 Å². The van der Waals surface area contributed by atoms with Gasteiger partial charge in [-0.3, -0.25) is 4.79 Å². The topological polar surface area (TPSA) is 69.4 Å². The lowest BCUT2D eigenvalue weighted by Crippen LogP contribution is -2.24. The van der Waals surface area contributed by atoms with Crippen molar-refractivity contribution in [1.82, 2.24) is 19.8 Å². The van der Waals surface area contributed by atoms with Gasteiger partial charge in [0, 0.05) is 5.75 Å². The molecule has 2 heterocycles. The Morgan fingerprint density at radius 1 is 1.36 bits per heavy atom. The molecule has 6 nitrogen and oxygen atoms in total. The van der Waals surface area contributed by atoms with Crippen molar-refractivity contribution in [3.63, 3.8) is 0 Å². The van der Waals surface area contributed by atoms with Crippen molar-refractivity contribution in [3.8, 4) is 0 Å². The van der Waals surface area contributed by atoms with Crippen molar-refractivity contribution in [2.24, 2.45) is 0 Å². The number of thioether (sulfide) groups is 1. The summed E-state index contributed by atoms with van der Waals surface area (Å²) in [5.74, 6) is -0.359. The Balaban J connectivity index is 1.97. The molecule has 0 aliphatic heterocycles. The number of alkyl halides is 2. The van der Waals surface area contributed by atoms with Gasteiger partial charge in [0.25, 0.3) is 6.43 Å². The van der Waals surface area contributed by atoms with Crippen LogP contribution in [0.25, 0.3) is 5.65 Å². The van der Waals surface area contributed by atoms with Gasteiger partial charge in [-0.2, -0.15) is 9.61 Å². The molecule has 0 saturated carbocycles. The molecular weight excluding hydrogens is 314 g/mol. The molecule has 0 N–H and O–H groups in total. The number of halogens is 2. The summed E-state index contributed by atoms with van der Waals surface area (Å²) in [7, 11) is 0. The summed E-state index contributed by atoms with van der Waals surface area (Å²) < 4.78 is 31.7. The lowest BCUT2D eigenvalue weighted by Gasteiger charge is -2.19. The zero-order valence-electron chi connectivity index (χ0n) is 12.4. The minimum Gasteiger partial charge on any atom is -0.460 e. The number of carbonyl (C=O) groups is 1. The molecule has 0 aromatic carbocycles. The zero-order valence-corrected chi connectivity index (χ0v) is 13.2. The van der Waals surface area contributed by atoms with Crippen LogP contribution in [-0.2, 0) is 9.53 Å². The standard InChI is InChI=1S/C13H16F2N4O2S/c1-13(2,3)21-10(20)6-7-22-9-5-4-8-16-17-12(11(14)15)19(8)18-9/h4-5,11H,6-7H2,1-3H3. The van der Waals surface area contributed by atoms with Crippen LogP contribution in [0.2, 0.25) is 0 Å². The molecule has 9 heteroatoms. The van der Waals surface area contributed by atoms with Crippen LogP contribution < -0.4 is 0 Å². The van der Waals surface area contributed by atoms with Crippen molar-refractivity contribution in [2.45, 2.75) is 44.2 Å². The first-order chi connectivity index (χ1) is 10.3. The van der Waals surface area contributed by atoms with E-state index in [4.69, 9.17) is 4.74 Å². The molecule has 0 bridgehead atoms. The molecule has 2 aromatic heterocycles. The molecule has 0 aliphatic carbocycles. The van der Waals surface area contributed by atoms with Crippen molar-refractivity contribution < 1.29 is 18.3 Å². The molecule has 22 heavy (non-hydrogen) atoms. The Kier molecular flexibility index (Phi) is 4.94. The summed E-state index contributed by atoms with van der Waals surface area (Å²) in [6.07, 6.45) is -2.53. The van der Waals surface area contributed by atoms with E-state index in [2.05, 4.69) is 15.3 Å². The molecule has 2 rings (SSSR count). The summed E-state index contributed by atoms with van der Waals surface area (Å²) in [5.41, 5.74) is -0.264. The monoisotopic (exact) mass is 330 g/mol. The van der Waals surface area contributed by atoms with E-state index in [9.17, 15) is 13.6 Å². The third-order valence-corrected chi connectivity index (χ3v) is 3.36. The third kappa shape index (κ3) is 4.36. The fourth-order valence-electron chi connectivity index (χ4n) is 1.63. The number of fused-ring (bicyclic) bond motifs is 1. The number of aromatic nitrogens is 4. The number of ether oxygens (including phenoxy) is 1. The SMILES string of the molecule is CC(C)(C)OC(=O)CCSc1ccc2nnc(C(F)F)n2n1. The van der Waals surface area contributed by atoms with Crippen LogP contribution in [0.5, 0.6) is 0 Å². The summed E-state index contributed by atoms with van der Waals surface area (Å²) >= 11 is 1.28. The van der Waals surface area contributed by atoms with E-state index in [-0.39, 0.29) is 18.0 Å². The smallest absolute Gasteiger partial charge is 0.307 e. The normalized spacial score (nSPS) is 12.1. The van der Waals surface area contributed by atoms with E-state index >= 15 is 0 Å². The summed E-state index contributed by atoms with van der Waals surface area (Å²) in [6, 6.07) is 3.21. The summed E-state index contributed by atoms with van der Waals surface area (Å²) in [5, 5.41) is 11.6. The van der Waals surface area contributed by atoms with Crippen LogP contribution in [0.3, 0.4) is 0 Å². The summed E-state index contributed by atoms with van der Waals surface area (Å²) in [4.78, 5) is 11.6.